The number of carbonyl (C=O) groups excluding carboxylic acids is 2. The van der Waals surface area contributed by atoms with Crippen LogP contribution in [0.4, 0.5) is 5.69 Å². The third-order valence-corrected chi connectivity index (χ3v) is 4.13. The highest BCUT2D eigenvalue weighted by Crippen LogP contribution is 2.31. The van der Waals surface area contributed by atoms with Gasteiger partial charge in [-0.1, -0.05) is 11.8 Å². The summed E-state index contributed by atoms with van der Waals surface area (Å²) >= 11 is 1.25. The Morgan fingerprint density at radius 3 is 2.86 bits per heavy atom. The van der Waals surface area contributed by atoms with E-state index < -0.39 is 5.25 Å². The van der Waals surface area contributed by atoms with Gasteiger partial charge in [-0.3, -0.25) is 9.59 Å². The van der Waals surface area contributed by atoms with Crippen LogP contribution in [0.3, 0.4) is 0 Å². The van der Waals surface area contributed by atoms with E-state index in [1.807, 2.05) is 0 Å². The van der Waals surface area contributed by atoms with Gasteiger partial charge < -0.3 is 10.1 Å². The summed E-state index contributed by atoms with van der Waals surface area (Å²) in [5.74, 6) is 0.278. The first-order valence-corrected chi connectivity index (χ1v) is 7.10. The molecule has 21 heavy (non-hydrogen) atoms. The second kappa shape index (κ2) is 5.57. The zero-order valence-electron chi connectivity index (χ0n) is 11.1. The Morgan fingerprint density at radius 2 is 2.19 bits per heavy atom. The summed E-state index contributed by atoms with van der Waals surface area (Å²) in [5, 5.41) is 6.63. The van der Waals surface area contributed by atoms with Gasteiger partial charge in [0.15, 0.2) is 5.16 Å². The van der Waals surface area contributed by atoms with E-state index in [4.69, 9.17) is 4.74 Å². The van der Waals surface area contributed by atoms with E-state index in [0.717, 1.165) is 0 Å². The van der Waals surface area contributed by atoms with Gasteiger partial charge in [0, 0.05) is 12.1 Å². The number of carbonyl (C=O) groups is 2. The highest BCUT2D eigenvalue weighted by Gasteiger charge is 2.34. The molecule has 1 aromatic heterocycles. The predicted molar refractivity (Wildman–Crippen MR) is 76.5 cm³/mol. The topological polar surface area (TPSA) is 86.1 Å². The van der Waals surface area contributed by atoms with E-state index in [1.165, 1.54) is 22.8 Å². The van der Waals surface area contributed by atoms with Gasteiger partial charge in [-0.05, 0) is 24.3 Å². The fraction of sp³-hybridized carbons (Fsp3) is 0.231. The summed E-state index contributed by atoms with van der Waals surface area (Å²) < 4.78 is 6.28. The molecule has 2 heterocycles. The van der Waals surface area contributed by atoms with Gasteiger partial charge in [0.05, 0.1) is 7.11 Å². The van der Waals surface area contributed by atoms with Crippen molar-refractivity contribution in [2.75, 3.05) is 12.4 Å². The lowest BCUT2D eigenvalue weighted by molar-refractivity contribution is -0.116. The molecule has 8 heteroatoms. The number of rotatable bonds is 4. The van der Waals surface area contributed by atoms with Crippen molar-refractivity contribution in [2.24, 2.45) is 0 Å². The molecule has 0 saturated heterocycles. The standard InChI is InChI=1S/C13H12N4O3S/c1-20-9-4-2-8(3-5-9)16-11(18)6-10-12(19)17-13(21-10)14-7-15-17/h2-5,7,10H,6H2,1H3,(H,16,18)/t10-/m1/s1. The highest BCUT2D eigenvalue weighted by molar-refractivity contribution is 8.00. The number of methoxy groups -OCH3 is 1. The van der Waals surface area contributed by atoms with E-state index >= 15 is 0 Å². The van der Waals surface area contributed by atoms with Gasteiger partial charge in [-0.2, -0.15) is 9.78 Å². The van der Waals surface area contributed by atoms with Crippen LogP contribution >= 0.6 is 11.8 Å². The van der Waals surface area contributed by atoms with Crippen molar-refractivity contribution in [1.29, 1.82) is 0 Å². The molecule has 0 radical (unpaired) electrons. The van der Waals surface area contributed by atoms with Crippen LogP contribution in [0.5, 0.6) is 5.75 Å². The third kappa shape index (κ3) is 2.75. The zero-order valence-corrected chi connectivity index (χ0v) is 12.0. The number of ether oxygens (including phenoxy) is 1. The minimum atomic E-state index is -0.473. The van der Waals surface area contributed by atoms with Gasteiger partial charge >= 0.3 is 0 Å². The number of fused-ring (bicyclic) bond motifs is 1. The molecule has 0 saturated carbocycles. The number of amides is 1. The summed E-state index contributed by atoms with van der Waals surface area (Å²) in [4.78, 5) is 27.9. The monoisotopic (exact) mass is 304 g/mol. The van der Waals surface area contributed by atoms with Gasteiger partial charge in [-0.25, -0.2) is 4.98 Å². The second-order valence-electron chi connectivity index (χ2n) is 4.38. The van der Waals surface area contributed by atoms with Crippen LogP contribution in [0.1, 0.15) is 11.2 Å². The first kappa shape index (κ1) is 13.6. The van der Waals surface area contributed by atoms with Crippen LogP contribution in [0.25, 0.3) is 0 Å². The number of aromatic nitrogens is 3. The van der Waals surface area contributed by atoms with Crippen LogP contribution < -0.4 is 10.1 Å². The number of anilines is 1. The van der Waals surface area contributed by atoms with Crippen molar-refractivity contribution in [3.63, 3.8) is 0 Å². The molecule has 0 aliphatic carbocycles. The first-order chi connectivity index (χ1) is 10.2. The molecule has 0 bridgehead atoms. The Labute approximate surface area is 124 Å². The lowest BCUT2D eigenvalue weighted by Crippen LogP contribution is -2.24. The van der Waals surface area contributed by atoms with E-state index in [9.17, 15) is 9.59 Å². The van der Waals surface area contributed by atoms with Crippen LogP contribution in [0, 0.1) is 0 Å². The van der Waals surface area contributed by atoms with Gasteiger partial charge in [0.25, 0.3) is 5.91 Å². The number of thioether (sulfide) groups is 1. The molecule has 2 aromatic rings. The number of benzene rings is 1. The van der Waals surface area contributed by atoms with Crippen LogP contribution in [-0.4, -0.2) is 38.9 Å². The largest absolute Gasteiger partial charge is 0.497 e. The summed E-state index contributed by atoms with van der Waals surface area (Å²) in [6.07, 6.45) is 1.41. The summed E-state index contributed by atoms with van der Waals surface area (Å²) in [7, 11) is 1.58. The summed E-state index contributed by atoms with van der Waals surface area (Å²) in [6.45, 7) is 0. The zero-order chi connectivity index (χ0) is 14.8. The molecular formula is C13H12N4O3S. The van der Waals surface area contributed by atoms with Crippen molar-refractivity contribution >= 4 is 29.3 Å². The lowest BCUT2D eigenvalue weighted by atomic mass is 10.2. The average molecular weight is 304 g/mol. The molecule has 1 atom stereocenters. The van der Waals surface area contributed by atoms with Crippen molar-refractivity contribution in [1.82, 2.24) is 14.8 Å². The number of hydrogen-bond donors (Lipinski definition) is 1. The SMILES string of the molecule is COc1ccc(NC(=O)C[C@H]2Sc3ncnn3C2=O)cc1. The Morgan fingerprint density at radius 1 is 1.43 bits per heavy atom. The van der Waals surface area contributed by atoms with E-state index in [0.29, 0.717) is 16.6 Å². The smallest absolute Gasteiger partial charge is 0.263 e. The van der Waals surface area contributed by atoms with E-state index in [1.54, 1.807) is 31.4 Å². The molecule has 0 unspecified atom stereocenters. The molecule has 0 spiro atoms. The maximum Gasteiger partial charge on any atom is 0.263 e. The van der Waals surface area contributed by atoms with Gasteiger partial charge in [-0.15, -0.1) is 0 Å². The predicted octanol–water partition coefficient (Wildman–Crippen LogP) is 1.43. The normalized spacial score (nSPS) is 16.6. The Hall–Kier alpha value is -2.35. The molecule has 0 fully saturated rings. The molecule has 1 aliphatic rings. The molecular weight excluding hydrogens is 292 g/mol. The Balaban J connectivity index is 1.59. The van der Waals surface area contributed by atoms with Crippen LogP contribution in [-0.2, 0) is 4.79 Å². The van der Waals surface area contributed by atoms with Gasteiger partial charge in [0.2, 0.25) is 5.91 Å². The molecule has 7 nitrogen and oxygen atoms in total. The van der Waals surface area contributed by atoms with E-state index in [-0.39, 0.29) is 18.2 Å². The average Bonchev–Trinajstić information content (AvgIpc) is 3.04. The van der Waals surface area contributed by atoms with Crippen LogP contribution in [0.15, 0.2) is 35.7 Å². The maximum absolute atomic E-state index is 12.0. The summed E-state index contributed by atoms with van der Waals surface area (Å²) in [5.41, 5.74) is 0.659. The second-order valence-corrected chi connectivity index (χ2v) is 5.55. The van der Waals surface area contributed by atoms with Gasteiger partial charge in [0.1, 0.15) is 17.3 Å². The molecule has 1 N–H and O–H groups in total. The maximum atomic E-state index is 12.0. The number of nitrogens with zero attached hydrogens (tertiary/aromatic N) is 3. The molecule has 108 valence electrons. The summed E-state index contributed by atoms with van der Waals surface area (Å²) in [6, 6.07) is 7.00. The van der Waals surface area contributed by atoms with Crippen molar-refractivity contribution in [2.45, 2.75) is 16.8 Å². The number of nitrogens with one attached hydrogen (secondary N) is 1. The molecule has 3 rings (SSSR count). The van der Waals surface area contributed by atoms with Crippen LogP contribution in [0.2, 0.25) is 0 Å². The fourth-order valence-electron chi connectivity index (χ4n) is 1.96. The number of hydrogen-bond acceptors (Lipinski definition) is 6. The van der Waals surface area contributed by atoms with E-state index in [2.05, 4.69) is 15.4 Å². The van der Waals surface area contributed by atoms with Crippen molar-refractivity contribution < 1.29 is 14.3 Å². The van der Waals surface area contributed by atoms with Crippen molar-refractivity contribution in [3.8, 4) is 5.75 Å². The lowest BCUT2D eigenvalue weighted by Gasteiger charge is -2.08. The quantitative estimate of drug-likeness (QED) is 0.919. The minimum Gasteiger partial charge on any atom is -0.497 e. The fourth-order valence-corrected chi connectivity index (χ4v) is 3.00. The third-order valence-electron chi connectivity index (χ3n) is 2.99. The molecule has 1 aromatic carbocycles. The molecule has 1 aliphatic heterocycles. The minimum absolute atomic E-state index is 0.0839. The molecule has 1 amide bonds. The van der Waals surface area contributed by atoms with Crippen molar-refractivity contribution in [3.05, 3.63) is 30.6 Å². The Bertz CT molecular complexity index is 683. The highest BCUT2D eigenvalue weighted by atomic mass is 32.2. The first-order valence-electron chi connectivity index (χ1n) is 6.22. The Kier molecular flexibility index (Phi) is 3.61.